The summed E-state index contributed by atoms with van der Waals surface area (Å²) in [5, 5.41) is 7.17. The Hall–Kier alpha value is -1.07. The van der Waals surface area contributed by atoms with Crippen molar-refractivity contribution in [2.45, 2.75) is 32.0 Å². The number of alkyl halides is 3. The summed E-state index contributed by atoms with van der Waals surface area (Å²) >= 11 is 0. The number of hydrogen-bond donors (Lipinski definition) is 0. The van der Waals surface area contributed by atoms with Gasteiger partial charge in [0.2, 0.25) is 0 Å². The highest BCUT2D eigenvalue weighted by Gasteiger charge is 2.37. The first kappa shape index (κ1) is 9.48. The molecular weight excluding hydrogens is 195 g/mol. The first-order valence-electron chi connectivity index (χ1n) is 4.42. The lowest BCUT2D eigenvalue weighted by molar-refractivity contribution is -0.142. The Balaban J connectivity index is 2.03. The average molecular weight is 205 g/mol. The monoisotopic (exact) mass is 205 g/mol. The van der Waals surface area contributed by atoms with Crippen LogP contribution in [-0.2, 0) is 6.54 Å². The predicted octanol–water partition coefficient (Wildman–Crippen LogP) is 1.96. The lowest BCUT2D eigenvalue weighted by atomic mass is 10.3. The molecule has 2 rings (SSSR count). The quantitative estimate of drug-likeness (QED) is 0.738. The Bertz CT molecular complexity index is 331. The second kappa shape index (κ2) is 2.96. The largest absolute Gasteiger partial charge is 0.408 e. The Morgan fingerprint density at radius 1 is 1.57 bits per heavy atom. The maximum absolute atomic E-state index is 12.0. The Labute approximate surface area is 78.9 Å². The normalized spacial score (nSPS) is 26.6. The van der Waals surface area contributed by atoms with Crippen LogP contribution < -0.4 is 0 Å². The van der Waals surface area contributed by atoms with Crippen LogP contribution >= 0.6 is 0 Å². The highest BCUT2D eigenvalue weighted by atomic mass is 19.4. The van der Waals surface area contributed by atoms with E-state index in [-0.39, 0.29) is 0 Å². The van der Waals surface area contributed by atoms with Crippen molar-refractivity contribution in [3.63, 3.8) is 0 Å². The van der Waals surface area contributed by atoms with Crippen LogP contribution in [0.15, 0.2) is 6.20 Å². The van der Waals surface area contributed by atoms with Gasteiger partial charge in [-0.25, -0.2) is 4.68 Å². The fraction of sp³-hybridized carbons (Fsp3) is 0.750. The van der Waals surface area contributed by atoms with Gasteiger partial charge in [0.15, 0.2) is 0 Å². The maximum atomic E-state index is 12.0. The zero-order valence-electron chi connectivity index (χ0n) is 7.62. The van der Waals surface area contributed by atoms with E-state index in [2.05, 4.69) is 10.3 Å². The van der Waals surface area contributed by atoms with Gasteiger partial charge >= 0.3 is 6.18 Å². The molecule has 1 aliphatic rings. The molecule has 0 N–H and O–H groups in total. The minimum Gasteiger partial charge on any atom is -0.243 e. The van der Waals surface area contributed by atoms with E-state index in [1.807, 2.05) is 6.92 Å². The molecule has 78 valence electrons. The van der Waals surface area contributed by atoms with Crippen molar-refractivity contribution in [3.8, 4) is 0 Å². The molecule has 0 aromatic carbocycles. The van der Waals surface area contributed by atoms with Crippen LogP contribution in [0, 0.1) is 5.92 Å². The van der Waals surface area contributed by atoms with Crippen molar-refractivity contribution >= 4 is 0 Å². The molecule has 0 unspecified atom stereocenters. The van der Waals surface area contributed by atoms with Crippen LogP contribution in [0.4, 0.5) is 13.2 Å². The fourth-order valence-corrected chi connectivity index (χ4v) is 1.48. The second-order valence-electron chi connectivity index (χ2n) is 3.78. The summed E-state index contributed by atoms with van der Waals surface area (Å²) < 4.78 is 36.7. The van der Waals surface area contributed by atoms with Crippen LogP contribution in [-0.4, -0.2) is 21.2 Å². The maximum Gasteiger partial charge on any atom is 0.408 e. The van der Waals surface area contributed by atoms with Gasteiger partial charge in [-0.15, -0.1) is 5.10 Å². The van der Waals surface area contributed by atoms with Crippen molar-refractivity contribution in [1.29, 1.82) is 0 Å². The van der Waals surface area contributed by atoms with E-state index in [9.17, 15) is 13.2 Å². The van der Waals surface area contributed by atoms with Gasteiger partial charge in [-0.2, -0.15) is 13.2 Å². The summed E-state index contributed by atoms with van der Waals surface area (Å²) in [4.78, 5) is 0. The molecule has 1 aromatic heterocycles. The summed E-state index contributed by atoms with van der Waals surface area (Å²) in [7, 11) is 0. The number of hydrogen-bond acceptors (Lipinski definition) is 2. The van der Waals surface area contributed by atoms with Gasteiger partial charge in [0.1, 0.15) is 6.54 Å². The molecule has 0 saturated heterocycles. The molecular formula is C8H10F3N3. The Morgan fingerprint density at radius 3 is 2.71 bits per heavy atom. The van der Waals surface area contributed by atoms with E-state index in [4.69, 9.17) is 0 Å². The highest BCUT2D eigenvalue weighted by Crippen LogP contribution is 2.45. The summed E-state index contributed by atoms with van der Waals surface area (Å²) in [6.07, 6.45) is -1.83. The molecule has 1 fully saturated rings. The third kappa shape index (κ3) is 2.05. The van der Waals surface area contributed by atoms with Crippen molar-refractivity contribution in [2.24, 2.45) is 5.92 Å². The van der Waals surface area contributed by atoms with Gasteiger partial charge in [-0.1, -0.05) is 12.1 Å². The zero-order chi connectivity index (χ0) is 10.3. The molecule has 0 radical (unpaired) electrons. The smallest absolute Gasteiger partial charge is 0.243 e. The standard InChI is InChI=1S/C8H10F3N3/c1-5-2-6(5)7-3-14(13-12-7)4-8(9,10)11/h3,5-6H,2,4H2,1H3/t5-,6-/m1/s1. The van der Waals surface area contributed by atoms with Crippen LogP contribution in [0.5, 0.6) is 0 Å². The third-order valence-corrected chi connectivity index (χ3v) is 2.39. The number of halogens is 3. The zero-order valence-corrected chi connectivity index (χ0v) is 7.62. The molecule has 2 atom stereocenters. The van der Waals surface area contributed by atoms with Gasteiger partial charge in [-0.3, -0.25) is 0 Å². The Kier molecular flexibility index (Phi) is 2.01. The molecule has 0 amide bonds. The lowest BCUT2D eigenvalue weighted by Gasteiger charge is -2.03. The van der Waals surface area contributed by atoms with Gasteiger partial charge < -0.3 is 0 Å². The Morgan fingerprint density at radius 2 is 2.21 bits per heavy atom. The van der Waals surface area contributed by atoms with Gasteiger partial charge in [0.05, 0.1) is 5.69 Å². The highest BCUT2D eigenvalue weighted by molar-refractivity contribution is 5.12. The first-order valence-corrected chi connectivity index (χ1v) is 4.42. The average Bonchev–Trinajstić information content (AvgIpc) is 2.58. The molecule has 3 nitrogen and oxygen atoms in total. The van der Waals surface area contributed by atoms with Gasteiger partial charge in [-0.05, 0) is 12.3 Å². The minimum absolute atomic E-state index is 0.317. The van der Waals surface area contributed by atoms with Crippen molar-refractivity contribution in [2.75, 3.05) is 0 Å². The molecule has 1 saturated carbocycles. The van der Waals surface area contributed by atoms with Crippen LogP contribution in [0.2, 0.25) is 0 Å². The first-order chi connectivity index (χ1) is 6.46. The number of nitrogens with zero attached hydrogens (tertiary/aromatic N) is 3. The molecule has 0 bridgehead atoms. The molecule has 0 aliphatic heterocycles. The SMILES string of the molecule is C[C@@H]1C[C@H]1c1cn(CC(F)(F)F)nn1. The van der Waals surface area contributed by atoms with E-state index in [0.717, 1.165) is 11.1 Å². The van der Waals surface area contributed by atoms with Gasteiger partial charge in [0.25, 0.3) is 0 Å². The topological polar surface area (TPSA) is 30.7 Å². The van der Waals surface area contributed by atoms with Crippen molar-refractivity contribution in [3.05, 3.63) is 11.9 Å². The molecule has 1 aliphatic carbocycles. The summed E-state index contributed by atoms with van der Waals surface area (Å²) in [6.45, 7) is 0.995. The third-order valence-electron chi connectivity index (χ3n) is 2.39. The number of aromatic nitrogens is 3. The summed E-state index contributed by atoms with van der Waals surface area (Å²) in [5.41, 5.74) is 0.682. The molecule has 1 heterocycles. The van der Waals surface area contributed by atoms with Gasteiger partial charge in [0, 0.05) is 12.1 Å². The lowest BCUT2D eigenvalue weighted by Crippen LogP contribution is -2.18. The summed E-state index contributed by atoms with van der Waals surface area (Å²) in [5.74, 6) is 0.850. The predicted molar refractivity (Wildman–Crippen MR) is 42.6 cm³/mol. The fourth-order valence-electron chi connectivity index (χ4n) is 1.48. The van der Waals surface area contributed by atoms with E-state index in [1.54, 1.807) is 0 Å². The molecule has 6 heteroatoms. The van der Waals surface area contributed by atoms with Crippen LogP contribution in [0.3, 0.4) is 0 Å². The van der Waals surface area contributed by atoms with Crippen LogP contribution in [0.25, 0.3) is 0 Å². The van der Waals surface area contributed by atoms with Crippen molar-refractivity contribution in [1.82, 2.24) is 15.0 Å². The van der Waals surface area contributed by atoms with Crippen molar-refractivity contribution < 1.29 is 13.2 Å². The minimum atomic E-state index is -4.22. The summed E-state index contributed by atoms with van der Waals surface area (Å²) in [6, 6.07) is 0. The molecule has 0 spiro atoms. The van der Waals surface area contributed by atoms with E-state index < -0.39 is 12.7 Å². The second-order valence-corrected chi connectivity index (χ2v) is 3.78. The molecule has 1 aromatic rings. The van der Waals surface area contributed by atoms with E-state index in [0.29, 0.717) is 17.5 Å². The molecule has 14 heavy (non-hydrogen) atoms. The van der Waals surface area contributed by atoms with E-state index >= 15 is 0 Å². The van der Waals surface area contributed by atoms with Crippen LogP contribution in [0.1, 0.15) is 25.0 Å². The van der Waals surface area contributed by atoms with E-state index in [1.165, 1.54) is 6.20 Å². The number of rotatable bonds is 2.